The Bertz CT molecular complexity index is 674. The van der Waals surface area contributed by atoms with E-state index in [0.717, 1.165) is 43.2 Å². The summed E-state index contributed by atoms with van der Waals surface area (Å²) in [4.78, 5) is 18.8. The van der Waals surface area contributed by atoms with Gasteiger partial charge in [0.25, 0.3) is 0 Å². The molecule has 9 heteroatoms. The van der Waals surface area contributed by atoms with Crippen molar-refractivity contribution in [2.75, 3.05) is 20.2 Å². The molecule has 1 aliphatic rings. The van der Waals surface area contributed by atoms with Gasteiger partial charge in [0.15, 0.2) is 0 Å². The molecule has 3 rings (SSSR count). The topological polar surface area (TPSA) is 85.2 Å². The van der Waals surface area contributed by atoms with Crippen LogP contribution in [0.1, 0.15) is 36.6 Å². The summed E-state index contributed by atoms with van der Waals surface area (Å²) < 4.78 is 7.10. The molecule has 1 saturated heterocycles. The highest BCUT2D eigenvalue weighted by Gasteiger charge is 2.24. The molecule has 1 aliphatic heterocycles. The van der Waals surface area contributed by atoms with Gasteiger partial charge < -0.3 is 15.0 Å². The van der Waals surface area contributed by atoms with Crippen LogP contribution in [0.5, 0.6) is 0 Å². The standard InChI is InChI=1S/C16H24N6O2S/c1-12(24-2)15-19-14(11-25-15)8-17-16(23)21-6-3-4-13(9-21)10-22-7-5-18-20-22/h5,7,11-13H,3-4,6,8-10H2,1-2H3,(H,17,23). The fraction of sp³-hybridized carbons (Fsp3) is 0.625. The van der Waals surface area contributed by atoms with Gasteiger partial charge in [-0.1, -0.05) is 5.21 Å². The third-order valence-corrected chi connectivity index (χ3v) is 5.47. The van der Waals surface area contributed by atoms with Crippen LogP contribution in [0.3, 0.4) is 0 Å². The van der Waals surface area contributed by atoms with Crippen LogP contribution in [0.2, 0.25) is 0 Å². The van der Waals surface area contributed by atoms with Gasteiger partial charge in [-0.3, -0.25) is 4.68 Å². The average Bonchev–Trinajstić information content (AvgIpc) is 3.31. The number of ether oxygens (including phenoxy) is 1. The summed E-state index contributed by atoms with van der Waals surface area (Å²) in [5.74, 6) is 0.412. The van der Waals surface area contributed by atoms with Gasteiger partial charge in [0, 0.05) is 38.3 Å². The molecule has 136 valence electrons. The second kappa shape index (κ2) is 8.39. The monoisotopic (exact) mass is 364 g/mol. The predicted octanol–water partition coefficient (Wildman–Crippen LogP) is 2.06. The Hall–Kier alpha value is -2.00. The summed E-state index contributed by atoms with van der Waals surface area (Å²) in [5.41, 5.74) is 0.869. The number of methoxy groups -OCH3 is 1. The van der Waals surface area contributed by atoms with Crippen LogP contribution < -0.4 is 5.32 Å². The van der Waals surface area contributed by atoms with E-state index >= 15 is 0 Å². The van der Waals surface area contributed by atoms with Crippen LogP contribution in [0, 0.1) is 5.92 Å². The number of urea groups is 1. The molecule has 0 aliphatic carbocycles. The number of nitrogens with zero attached hydrogens (tertiary/aromatic N) is 5. The van der Waals surface area contributed by atoms with Gasteiger partial charge in [0.2, 0.25) is 0 Å². The van der Waals surface area contributed by atoms with Gasteiger partial charge in [-0.05, 0) is 25.7 Å². The number of amides is 2. The highest BCUT2D eigenvalue weighted by molar-refractivity contribution is 7.09. The van der Waals surface area contributed by atoms with E-state index in [9.17, 15) is 4.79 Å². The molecule has 2 aromatic rings. The van der Waals surface area contributed by atoms with Crippen molar-refractivity contribution < 1.29 is 9.53 Å². The van der Waals surface area contributed by atoms with Crippen molar-refractivity contribution in [1.29, 1.82) is 0 Å². The molecular weight excluding hydrogens is 340 g/mol. The number of hydrogen-bond donors (Lipinski definition) is 1. The second-order valence-corrected chi connectivity index (χ2v) is 7.18. The largest absolute Gasteiger partial charge is 0.375 e. The maximum Gasteiger partial charge on any atom is 0.317 e. The Balaban J connectivity index is 1.48. The van der Waals surface area contributed by atoms with Crippen molar-refractivity contribution in [2.24, 2.45) is 5.92 Å². The van der Waals surface area contributed by atoms with E-state index in [-0.39, 0.29) is 12.1 Å². The average molecular weight is 364 g/mol. The van der Waals surface area contributed by atoms with E-state index in [1.807, 2.05) is 28.1 Å². The summed E-state index contributed by atoms with van der Waals surface area (Å²) in [7, 11) is 1.67. The molecule has 2 amide bonds. The lowest BCUT2D eigenvalue weighted by Gasteiger charge is -2.32. The Morgan fingerprint density at radius 3 is 3.20 bits per heavy atom. The van der Waals surface area contributed by atoms with E-state index in [1.54, 1.807) is 24.6 Å². The van der Waals surface area contributed by atoms with Crippen LogP contribution in [-0.2, 0) is 17.8 Å². The number of rotatable bonds is 6. The van der Waals surface area contributed by atoms with Gasteiger partial charge in [0.1, 0.15) is 11.1 Å². The minimum atomic E-state index is -0.0300. The molecular formula is C16H24N6O2S. The molecule has 0 bridgehead atoms. The first-order chi connectivity index (χ1) is 12.2. The summed E-state index contributed by atoms with van der Waals surface area (Å²) in [6.45, 7) is 4.74. The molecule has 1 fully saturated rings. The van der Waals surface area contributed by atoms with Crippen LogP contribution >= 0.6 is 11.3 Å². The number of aromatic nitrogens is 4. The zero-order valence-corrected chi connectivity index (χ0v) is 15.4. The highest BCUT2D eigenvalue weighted by atomic mass is 32.1. The van der Waals surface area contributed by atoms with E-state index < -0.39 is 0 Å². The van der Waals surface area contributed by atoms with Crippen molar-refractivity contribution in [3.8, 4) is 0 Å². The normalized spacial score (nSPS) is 19.0. The number of hydrogen-bond acceptors (Lipinski definition) is 6. The molecule has 3 heterocycles. The lowest BCUT2D eigenvalue weighted by Crippen LogP contribution is -2.46. The van der Waals surface area contributed by atoms with Crippen LogP contribution in [0.4, 0.5) is 4.79 Å². The molecule has 0 radical (unpaired) electrons. The second-order valence-electron chi connectivity index (χ2n) is 6.29. The molecule has 0 aromatic carbocycles. The van der Waals surface area contributed by atoms with Crippen molar-refractivity contribution >= 4 is 17.4 Å². The summed E-state index contributed by atoms with van der Waals surface area (Å²) in [6.07, 6.45) is 5.64. The SMILES string of the molecule is COC(C)c1nc(CNC(=O)N2CCCC(Cn3ccnn3)C2)cs1. The lowest BCUT2D eigenvalue weighted by molar-refractivity contribution is 0.119. The van der Waals surface area contributed by atoms with Crippen molar-refractivity contribution in [3.05, 3.63) is 28.5 Å². The Labute approximate surface area is 151 Å². The molecule has 8 nitrogen and oxygen atoms in total. The molecule has 25 heavy (non-hydrogen) atoms. The number of carbonyl (C=O) groups excluding carboxylic acids is 1. The zero-order valence-electron chi connectivity index (χ0n) is 14.6. The molecule has 1 N–H and O–H groups in total. The highest BCUT2D eigenvalue weighted by Crippen LogP contribution is 2.21. The van der Waals surface area contributed by atoms with Crippen LogP contribution in [0.15, 0.2) is 17.8 Å². The Morgan fingerprint density at radius 2 is 2.44 bits per heavy atom. The maximum absolute atomic E-state index is 12.4. The third kappa shape index (κ3) is 4.76. The van der Waals surface area contributed by atoms with E-state index in [4.69, 9.17) is 4.74 Å². The van der Waals surface area contributed by atoms with E-state index in [1.165, 1.54) is 0 Å². The molecule has 2 unspecified atom stereocenters. The fourth-order valence-electron chi connectivity index (χ4n) is 2.96. The number of thiazole rings is 1. The quantitative estimate of drug-likeness (QED) is 0.848. The minimum Gasteiger partial charge on any atom is -0.375 e. The van der Waals surface area contributed by atoms with Crippen LogP contribution in [-0.4, -0.2) is 51.1 Å². The van der Waals surface area contributed by atoms with Gasteiger partial charge in [-0.2, -0.15) is 0 Å². The first-order valence-electron chi connectivity index (χ1n) is 8.49. The van der Waals surface area contributed by atoms with Gasteiger partial charge in [-0.15, -0.1) is 16.4 Å². The molecule has 0 spiro atoms. The first-order valence-corrected chi connectivity index (χ1v) is 9.37. The van der Waals surface area contributed by atoms with Crippen molar-refractivity contribution in [3.63, 3.8) is 0 Å². The smallest absolute Gasteiger partial charge is 0.317 e. The number of likely N-dealkylation sites (tertiary alicyclic amines) is 1. The number of nitrogens with one attached hydrogen (secondary N) is 1. The summed E-state index contributed by atoms with van der Waals surface area (Å²) in [5, 5.41) is 13.7. The molecule has 0 saturated carbocycles. The zero-order chi connectivity index (χ0) is 17.6. The lowest BCUT2D eigenvalue weighted by atomic mass is 9.98. The number of piperidine rings is 1. The molecule has 2 aromatic heterocycles. The van der Waals surface area contributed by atoms with Gasteiger partial charge in [0.05, 0.1) is 18.4 Å². The number of carbonyl (C=O) groups is 1. The maximum atomic E-state index is 12.4. The summed E-state index contributed by atoms with van der Waals surface area (Å²) >= 11 is 1.56. The van der Waals surface area contributed by atoms with Gasteiger partial charge >= 0.3 is 6.03 Å². The van der Waals surface area contributed by atoms with E-state index in [0.29, 0.717) is 12.5 Å². The van der Waals surface area contributed by atoms with Crippen molar-refractivity contribution in [1.82, 2.24) is 30.2 Å². The Morgan fingerprint density at radius 1 is 1.56 bits per heavy atom. The Kier molecular flexibility index (Phi) is 5.98. The van der Waals surface area contributed by atoms with Gasteiger partial charge in [-0.25, -0.2) is 9.78 Å². The third-order valence-electron chi connectivity index (χ3n) is 4.41. The fourth-order valence-corrected chi connectivity index (χ4v) is 3.81. The minimum absolute atomic E-state index is 0.0194. The molecule has 2 atom stereocenters. The van der Waals surface area contributed by atoms with Crippen LogP contribution in [0.25, 0.3) is 0 Å². The van der Waals surface area contributed by atoms with E-state index in [2.05, 4.69) is 20.6 Å². The first kappa shape index (κ1) is 17.8. The van der Waals surface area contributed by atoms with Crippen molar-refractivity contribution in [2.45, 2.75) is 39.0 Å². The summed E-state index contributed by atoms with van der Waals surface area (Å²) in [6, 6.07) is -0.0300. The predicted molar refractivity (Wildman–Crippen MR) is 94.1 cm³/mol.